The van der Waals surface area contributed by atoms with Crippen molar-refractivity contribution in [1.29, 1.82) is 0 Å². The summed E-state index contributed by atoms with van der Waals surface area (Å²) in [4.78, 5) is 26.9. The van der Waals surface area contributed by atoms with Crippen molar-refractivity contribution in [3.8, 4) is 0 Å². The van der Waals surface area contributed by atoms with Crippen LogP contribution in [-0.2, 0) is 14.3 Å². The van der Waals surface area contributed by atoms with Crippen molar-refractivity contribution in [2.75, 3.05) is 0 Å². The molecule has 0 N–H and O–H groups in total. The second-order valence-electron chi connectivity index (χ2n) is 18.6. The Labute approximate surface area is 310 Å². The summed E-state index contributed by atoms with van der Waals surface area (Å²) in [5, 5.41) is 0. The molecule has 0 aromatic heterocycles. The molecule has 0 heterocycles. The molecule has 50 heavy (non-hydrogen) atoms. The number of ketones is 1. The molecule has 9 atom stereocenters. The number of hydrogen-bond donors (Lipinski definition) is 0. The fraction of sp³-hybridized carbons (Fsp3) is 0.872. The number of ether oxygens (including phenoxy) is 1. The average molecular weight is 693 g/mol. The van der Waals surface area contributed by atoms with Crippen LogP contribution < -0.4 is 0 Å². The van der Waals surface area contributed by atoms with Crippen molar-refractivity contribution in [2.24, 2.45) is 52.3 Å². The Morgan fingerprint density at radius 1 is 0.820 bits per heavy atom. The lowest BCUT2D eigenvalue weighted by Gasteiger charge is -2.57. The van der Waals surface area contributed by atoms with Crippen LogP contribution in [0, 0.1) is 52.3 Å². The van der Waals surface area contributed by atoms with Crippen LogP contribution in [0.15, 0.2) is 23.8 Å². The molecule has 0 aromatic carbocycles. The van der Waals surface area contributed by atoms with Gasteiger partial charge in [0.05, 0.1) is 0 Å². The molecule has 3 saturated carbocycles. The fourth-order valence-corrected chi connectivity index (χ4v) is 11.7. The molecule has 0 aliphatic heterocycles. The Bertz CT molecular complexity index is 1100. The van der Waals surface area contributed by atoms with Crippen LogP contribution in [0.25, 0.3) is 0 Å². The largest absolute Gasteiger partial charge is 0.462 e. The molecule has 0 aromatic rings. The zero-order valence-electron chi connectivity index (χ0n) is 34.0. The van der Waals surface area contributed by atoms with Gasteiger partial charge in [0.15, 0.2) is 5.78 Å². The van der Waals surface area contributed by atoms with Gasteiger partial charge in [-0.05, 0) is 129 Å². The van der Waals surface area contributed by atoms with E-state index in [4.69, 9.17) is 4.74 Å². The van der Waals surface area contributed by atoms with Gasteiger partial charge in [0.25, 0.3) is 0 Å². The molecular formula is C47H80O3. The molecule has 0 radical (unpaired) electrons. The Morgan fingerprint density at radius 3 is 2.14 bits per heavy atom. The summed E-state index contributed by atoms with van der Waals surface area (Å²) in [5.74, 6) is 4.65. The third-order valence-corrected chi connectivity index (χ3v) is 15.1. The smallest absolute Gasteiger partial charge is 0.306 e. The van der Waals surface area contributed by atoms with Crippen molar-refractivity contribution in [3.63, 3.8) is 0 Å². The maximum atomic E-state index is 14.0. The maximum Gasteiger partial charge on any atom is 0.306 e. The lowest BCUT2D eigenvalue weighted by molar-refractivity contribution is -0.152. The number of allylic oxidation sites excluding steroid dienone is 3. The normalized spacial score (nSPS) is 32.0. The lowest BCUT2D eigenvalue weighted by Crippen LogP contribution is -2.53. The molecule has 3 nitrogen and oxygen atoms in total. The molecule has 0 bridgehead atoms. The van der Waals surface area contributed by atoms with Crippen molar-refractivity contribution >= 4 is 11.8 Å². The maximum absolute atomic E-state index is 14.0. The topological polar surface area (TPSA) is 43.4 Å². The number of carbonyl (C=O) groups is 2. The monoisotopic (exact) mass is 693 g/mol. The van der Waals surface area contributed by atoms with Gasteiger partial charge in [0.1, 0.15) is 6.10 Å². The third-order valence-electron chi connectivity index (χ3n) is 15.1. The molecule has 0 saturated heterocycles. The summed E-state index contributed by atoms with van der Waals surface area (Å²) in [5.41, 5.74) is 1.68. The lowest BCUT2D eigenvalue weighted by atomic mass is 9.46. The number of fused-ring (bicyclic) bond motifs is 5. The van der Waals surface area contributed by atoms with Crippen LogP contribution in [0.2, 0.25) is 0 Å². The van der Waals surface area contributed by atoms with Crippen LogP contribution in [0.4, 0.5) is 0 Å². The van der Waals surface area contributed by atoms with Gasteiger partial charge in [-0.25, -0.2) is 0 Å². The van der Waals surface area contributed by atoms with Gasteiger partial charge in [-0.1, -0.05) is 130 Å². The van der Waals surface area contributed by atoms with Gasteiger partial charge < -0.3 is 4.74 Å². The van der Waals surface area contributed by atoms with Gasteiger partial charge in [-0.15, -0.1) is 0 Å². The highest BCUT2D eigenvalue weighted by molar-refractivity contribution is 5.94. The molecule has 4 aliphatic rings. The van der Waals surface area contributed by atoms with E-state index in [1.807, 2.05) is 0 Å². The van der Waals surface area contributed by atoms with E-state index in [0.29, 0.717) is 29.5 Å². The van der Waals surface area contributed by atoms with Crippen molar-refractivity contribution < 1.29 is 14.3 Å². The Hall–Kier alpha value is -1.38. The van der Waals surface area contributed by atoms with E-state index in [9.17, 15) is 9.59 Å². The molecule has 0 spiro atoms. The van der Waals surface area contributed by atoms with E-state index >= 15 is 0 Å². The second-order valence-corrected chi connectivity index (χ2v) is 18.6. The second kappa shape index (κ2) is 20.2. The zero-order chi connectivity index (χ0) is 36.1. The van der Waals surface area contributed by atoms with E-state index in [2.05, 4.69) is 66.7 Å². The minimum absolute atomic E-state index is 0.0324. The first-order chi connectivity index (χ1) is 24.0. The predicted molar refractivity (Wildman–Crippen MR) is 212 cm³/mol. The highest BCUT2D eigenvalue weighted by Gasteiger charge is 2.61. The van der Waals surface area contributed by atoms with E-state index < -0.39 is 0 Å². The number of rotatable bonds is 22. The first-order valence-corrected chi connectivity index (χ1v) is 22.1. The summed E-state index contributed by atoms with van der Waals surface area (Å²) in [6, 6.07) is 0. The van der Waals surface area contributed by atoms with Crippen molar-refractivity contribution in [2.45, 2.75) is 209 Å². The predicted octanol–water partition coefficient (Wildman–Crippen LogP) is 13.8. The molecule has 3 fully saturated rings. The van der Waals surface area contributed by atoms with Gasteiger partial charge in [-0.2, -0.15) is 0 Å². The highest BCUT2D eigenvalue weighted by atomic mass is 16.5. The first kappa shape index (κ1) is 41.4. The third kappa shape index (κ3) is 10.6. The van der Waals surface area contributed by atoms with Crippen LogP contribution in [0.5, 0.6) is 0 Å². The summed E-state index contributed by atoms with van der Waals surface area (Å²) < 4.78 is 6.06. The summed E-state index contributed by atoms with van der Waals surface area (Å²) in [6.45, 7) is 17.0. The molecule has 0 amide bonds. The van der Waals surface area contributed by atoms with Gasteiger partial charge >= 0.3 is 5.97 Å². The molecule has 3 heteroatoms. The molecule has 4 rings (SSSR count). The Kier molecular flexibility index (Phi) is 16.7. The van der Waals surface area contributed by atoms with Gasteiger partial charge in [0, 0.05) is 18.8 Å². The summed E-state index contributed by atoms with van der Waals surface area (Å²) in [7, 11) is 0. The number of unbranched alkanes of at least 4 members (excludes halogenated alkanes) is 11. The van der Waals surface area contributed by atoms with E-state index in [1.54, 1.807) is 0 Å². The fourth-order valence-electron chi connectivity index (χ4n) is 11.7. The standard InChI is InChI=1S/C47H80O3/c1-8-10-11-12-13-14-15-16-17-18-19-20-21-22-23-24-44(49)50-39-29-31-46(6)38(33-39)34-43(48)45-41-28-27-40(47(41,7)32-30-42(45)46)36(5)25-26-37(9-2)35(3)4/h16-17,34-37,39-42,45H,8-15,18-33H2,1-7H3/b17-16-/t36-,37-,39+,40-,41+,42+,45+,46+,47-/m1/s1. The SMILES string of the molecule is CCCCCCCC/C=C\CCCCCCCC(=O)O[C@H]1CC[C@@]2(C)C(=CC(=O)[C@H]3[C@@H]4CC[C@H]([C@H](C)CC[C@@H](CC)C(C)C)[C@@]4(C)CC[C@@H]32)C1. The first-order valence-electron chi connectivity index (χ1n) is 22.1. The van der Waals surface area contributed by atoms with Crippen LogP contribution in [0.3, 0.4) is 0 Å². The zero-order valence-corrected chi connectivity index (χ0v) is 34.0. The van der Waals surface area contributed by atoms with Crippen molar-refractivity contribution in [3.05, 3.63) is 23.8 Å². The van der Waals surface area contributed by atoms with Gasteiger partial charge in [-0.3, -0.25) is 9.59 Å². The minimum atomic E-state index is -0.0577. The molecule has 286 valence electrons. The number of esters is 1. The number of hydrogen-bond acceptors (Lipinski definition) is 3. The quantitative estimate of drug-likeness (QED) is 0.0644. The molecule has 4 aliphatic carbocycles. The van der Waals surface area contributed by atoms with Crippen LogP contribution in [0.1, 0.15) is 203 Å². The Morgan fingerprint density at radius 2 is 1.48 bits per heavy atom. The molecular weight excluding hydrogens is 613 g/mol. The van der Waals surface area contributed by atoms with Gasteiger partial charge in [0.2, 0.25) is 0 Å². The number of carbonyl (C=O) groups excluding carboxylic acids is 2. The van der Waals surface area contributed by atoms with E-state index in [1.165, 1.54) is 121 Å². The summed E-state index contributed by atoms with van der Waals surface area (Å²) >= 11 is 0. The Balaban J connectivity index is 1.17. The average Bonchev–Trinajstić information content (AvgIpc) is 3.44. The van der Waals surface area contributed by atoms with Crippen LogP contribution in [-0.4, -0.2) is 17.9 Å². The molecule has 0 unspecified atom stereocenters. The van der Waals surface area contributed by atoms with Crippen LogP contribution >= 0.6 is 0 Å². The summed E-state index contributed by atoms with van der Waals surface area (Å²) in [6.07, 6.45) is 35.4. The van der Waals surface area contributed by atoms with Crippen molar-refractivity contribution in [1.82, 2.24) is 0 Å². The highest BCUT2D eigenvalue weighted by Crippen LogP contribution is 2.66. The van der Waals surface area contributed by atoms with E-state index in [0.717, 1.165) is 55.8 Å². The minimum Gasteiger partial charge on any atom is -0.462 e. The van der Waals surface area contributed by atoms with E-state index in [-0.39, 0.29) is 23.4 Å².